The molecule has 0 unspecified atom stereocenters. The van der Waals surface area contributed by atoms with Gasteiger partial charge in [0.15, 0.2) is 0 Å². The molecule has 0 bridgehead atoms. The van der Waals surface area contributed by atoms with Crippen LogP contribution in [0.3, 0.4) is 0 Å². The number of nitrogens with one attached hydrogen (secondary N) is 1. The zero-order valence-electron chi connectivity index (χ0n) is 17.4. The van der Waals surface area contributed by atoms with Gasteiger partial charge in [0.2, 0.25) is 0 Å². The van der Waals surface area contributed by atoms with E-state index in [1.807, 2.05) is 36.4 Å². The van der Waals surface area contributed by atoms with Crippen molar-refractivity contribution in [3.63, 3.8) is 0 Å². The van der Waals surface area contributed by atoms with Crippen LogP contribution in [0.5, 0.6) is 5.75 Å². The van der Waals surface area contributed by atoms with Gasteiger partial charge < -0.3 is 15.5 Å². The minimum Gasteiger partial charge on any atom is -0.494 e. The number of anilines is 1. The minimum absolute atomic E-state index is 0.0591. The molecule has 156 valence electrons. The van der Waals surface area contributed by atoms with Gasteiger partial charge in [-0.3, -0.25) is 9.69 Å². The second kappa shape index (κ2) is 9.13. The molecule has 0 spiro atoms. The third kappa shape index (κ3) is 4.71. The summed E-state index contributed by atoms with van der Waals surface area (Å²) in [5.74, 6) is 1.51. The maximum atomic E-state index is 12.7. The van der Waals surface area contributed by atoms with Crippen molar-refractivity contribution in [2.24, 2.45) is 0 Å². The summed E-state index contributed by atoms with van der Waals surface area (Å²) in [6.07, 6.45) is 2.96. The van der Waals surface area contributed by atoms with Crippen LogP contribution in [0.4, 0.5) is 5.69 Å². The number of nitrogens with zero attached hydrogens (tertiary/aromatic N) is 2. The Balaban J connectivity index is 1.43. The molecule has 0 saturated heterocycles. The van der Waals surface area contributed by atoms with Gasteiger partial charge in [-0.1, -0.05) is 25.5 Å². The smallest absolute Gasteiger partial charge is 0.255 e. The van der Waals surface area contributed by atoms with E-state index in [4.69, 9.17) is 15.5 Å². The lowest BCUT2D eigenvalue weighted by Gasteiger charge is -2.27. The summed E-state index contributed by atoms with van der Waals surface area (Å²) >= 11 is 0. The normalized spacial score (nSPS) is 13.8. The van der Waals surface area contributed by atoms with Crippen molar-refractivity contribution in [1.29, 1.82) is 0 Å². The van der Waals surface area contributed by atoms with E-state index in [1.165, 1.54) is 5.56 Å². The van der Waals surface area contributed by atoms with Gasteiger partial charge in [-0.25, -0.2) is 4.98 Å². The molecule has 0 amide bonds. The van der Waals surface area contributed by atoms with Crippen molar-refractivity contribution < 1.29 is 4.74 Å². The first-order valence-electron chi connectivity index (χ1n) is 10.5. The number of rotatable bonds is 7. The van der Waals surface area contributed by atoms with E-state index in [9.17, 15) is 4.79 Å². The summed E-state index contributed by atoms with van der Waals surface area (Å²) in [5.41, 5.74) is 10.1. The fourth-order valence-corrected chi connectivity index (χ4v) is 3.68. The van der Waals surface area contributed by atoms with Gasteiger partial charge in [-0.05, 0) is 48.4 Å². The number of nitrogen functional groups attached to an aromatic ring is 1. The highest BCUT2D eigenvalue weighted by Crippen LogP contribution is 2.21. The zero-order chi connectivity index (χ0) is 20.9. The summed E-state index contributed by atoms with van der Waals surface area (Å²) in [5, 5.41) is 0. The van der Waals surface area contributed by atoms with Crippen molar-refractivity contribution in [3.05, 3.63) is 75.7 Å². The summed E-state index contributed by atoms with van der Waals surface area (Å²) in [4.78, 5) is 22.7. The first-order valence-corrected chi connectivity index (χ1v) is 10.5. The van der Waals surface area contributed by atoms with Crippen molar-refractivity contribution >= 4 is 5.69 Å². The SMILES string of the molecule is CCCCOc1ccc(CN2CCc3nc(-c4ccc(N)cc4)[nH]c(=O)c3C2)cc1. The number of fused-ring (bicyclic) bond motifs is 1. The quantitative estimate of drug-likeness (QED) is 0.463. The Bertz CT molecular complexity index is 1040. The highest BCUT2D eigenvalue weighted by atomic mass is 16.5. The second-order valence-electron chi connectivity index (χ2n) is 7.77. The second-order valence-corrected chi connectivity index (χ2v) is 7.77. The van der Waals surface area contributed by atoms with Crippen molar-refractivity contribution in [1.82, 2.24) is 14.9 Å². The van der Waals surface area contributed by atoms with Crippen molar-refractivity contribution in [2.75, 3.05) is 18.9 Å². The number of nitrogens with two attached hydrogens (primary N) is 1. The van der Waals surface area contributed by atoms with Crippen LogP contribution in [-0.4, -0.2) is 28.0 Å². The minimum atomic E-state index is -0.0591. The van der Waals surface area contributed by atoms with Crippen LogP contribution >= 0.6 is 0 Å². The highest BCUT2D eigenvalue weighted by Gasteiger charge is 2.21. The molecule has 6 nitrogen and oxygen atoms in total. The molecule has 3 aromatic rings. The molecule has 1 aromatic heterocycles. The molecule has 1 aliphatic rings. The molecule has 0 saturated carbocycles. The van der Waals surface area contributed by atoms with Gasteiger partial charge in [0, 0.05) is 37.3 Å². The number of ether oxygens (including phenoxy) is 1. The molecule has 6 heteroatoms. The predicted octanol–water partition coefficient (Wildman–Crippen LogP) is 3.76. The van der Waals surface area contributed by atoms with Crippen molar-refractivity contribution in [3.8, 4) is 17.1 Å². The average Bonchev–Trinajstić information content (AvgIpc) is 2.76. The van der Waals surface area contributed by atoms with Crippen LogP contribution in [0.15, 0.2) is 53.3 Å². The Morgan fingerprint density at radius 3 is 2.63 bits per heavy atom. The molecule has 0 atom stereocenters. The van der Waals surface area contributed by atoms with Crippen LogP contribution in [-0.2, 0) is 19.5 Å². The fourth-order valence-electron chi connectivity index (χ4n) is 3.68. The third-order valence-electron chi connectivity index (χ3n) is 5.43. The summed E-state index contributed by atoms with van der Waals surface area (Å²) < 4.78 is 5.73. The molecule has 2 aromatic carbocycles. The Morgan fingerprint density at radius 2 is 1.90 bits per heavy atom. The summed E-state index contributed by atoms with van der Waals surface area (Å²) in [6, 6.07) is 15.6. The molecule has 0 radical (unpaired) electrons. The molecule has 0 fully saturated rings. The molecule has 2 heterocycles. The lowest BCUT2D eigenvalue weighted by atomic mass is 10.1. The Labute approximate surface area is 176 Å². The van der Waals surface area contributed by atoms with E-state index in [0.29, 0.717) is 18.1 Å². The van der Waals surface area contributed by atoms with E-state index in [0.717, 1.165) is 61.5 Å². The van der Waals surface area contributed by atoms with E-state index < -0.39 is 0 Å². The Hall–Kier alpha value is -3.12. The monoisotopic (exact) mass is 404 g/mol. The van der Waals surface area contributed by atoms with Gasteiger partial charge in [-0.15, -0.1) is 0 Å². The zero-order valence-corrected chi connectivity index (χ0v) is 17.4. The van der Waals surface area contributed by atoms with Gasteiger partial charge in [-0.2, -0.15) is 0 Å². The predicted molar refractivity (Wildman–Crippen MR) is 119 cm³/mol. The highest BCUT2D eigenvalue weighted by molar-refractivity contribution is 5.58. The van der Waals surface area contributed by atoms with E-state index in [2.05, 4.69) is 28.9 Å². The lowest BCUT2D eigenvalue weighted by molar-refractivity contribution is 0.241. The number of hydrogen-bond donors (Lipinski definition) is 2. The van der Waals surface area contributed by atoms with Crippen LogP contribution in [0, 0.1) is 0 Å². The van der Waals surface area contributed by atoms with Gasteiger partial charge in [0.1, 0.15) is 11.6 Å². The summed E-state index contributed by atoms with van der Waals surface area (Å²) in [7, 11) is 0. The summed E-state index contributed by atoms with van der Waals surface area (Å²) in [6.45, 7) is 5.19. The van der Waals surface area contributed by atoms with Gasteiger partial charge in [0.05, 0.1) is 17.9 Å². The molecule has 1 aliphatic heterocycles. The third-order valence-corrected chi connectivity index (χ3v) is 5.43. The van der Waals surface area contributed by atoms with Crippen LogP contribution in [0.1, 0.15) is 36.6 Å². The topological polar surface area (TPSA) is 84.2 Å². The first kappa shape index (κ1) is 20.2. The number of benzene rings is 2. The van der Waals surface area contributed by atoms with E-state index in [-0.39, 0.29) is 5.56 Å². The Kier molecular flexibility index (Phi) is 6.14. The van der Waals surface area contributed by atoms with Crippen LogP contribution in [0.25, 0.3) is 11.4 Å². The number of hydrogen-bond acceptors (Lipinski definition) is 5. The molecular formula is C24H28N4O2. The molecule has 4 rings (SSSR count). The van der Waals surface area contributed by atoms with E-state index >= 15 is 0 Å². The fraction of sp³-hybridized carbons (Fsp3) is 0.333. The van der Waals surface area contributed by atoms with Crippen molar-refractivity contribution in [2.45, 2.75) is 39.3 Å². The largest absolute Gasteiger partial charge is 0.494 e. The number of aromatic nitrogens is 2. The van der Waals surface area contributed by atoms with Gasteiger partial charge >= 0.3 is 0 Å². The standard InChI is InChI=1S/C24H28N4O2/c1-2-3-14-30-20-10-4-17(5-11-20)15-28-13-12-22-21(16-28)24(29)27-23(26-22)18-6-8-19(25)9-7-18/h4-11H,2-3,12-16,25H2,1H3,(H,26,27,29). The molecule has 0 aliphatic carbocycles. The maximum Gasteiger partial charge on any atom is 0.255 e. The number of unbranched alkanes of at least 4 members (excludes halogenated alkanes) is 1. The number of H-pyrrole nitrogens is 1. The van der Waals surface area contributed by atoms with Crippen LogP contribution in [0.2, 0.25) is 0 Å². The molecule has 3 N–H and O–H groups in total. The van der Waals surface area contributed by atoms with E-state index in [1.54, 1.807) is 0 Å². The maximum absolute atomic E-state index is 12.7. The first-order chi connectivity index (χ1) is 14.6. The Morgan fingerprint density at radius 1 is 1.13 bits per heavy atom. The molecule has 30 heavy (non-hydrogen) atoms. The lowest BCUT2D eigenvalue weighted by Crippen LogP contribution is -2.35. The van der Waals surface area contributed by atoms with Crippen LogP contribution < -0.4 is 16.0 Å². The number of aromatic amines is 1. The molecular weight excluding hydrogens is 376 g/mol. The van der Waals surface area contributed by atoms with Gasteiger partial charge in [0.25, 0.3) is 5.56 Å². The average molecular weight is 405 g/mol.